The predicted octanol–water partition coefficient (Wildman–Crippen LogP) is 4.69. The Morgan fingerprint density at radius 2 is 2.04 bits per heavy atom. The largest absolute Gasteiger partial charge is 0.497 e. The Balaban J connectivity index is 1.71. The molecule has 7 heteroatoms. The number of benzene rings is 2. The number of nitrogens with two attached hydrogens (primary N) is 1. The van der Waals surface area contributed by atoms with Gasteiger partial charge in [-0.05, 0) is 37.3 Å². The van der Waals surface area contributed by atoms with Gasteiger partial charge in [0.05, 0.1) is 24.9 Å². The van der Waals surface area contributed by atoms with Crippen molar-refractivity contribution in [2.45, 2.75) is 6.92 Å². The lowest BCUT2D eigenvalue weighted by Crippen LogP contribution is -2.11. The maximum absolute atomic E-state index is 12.8. The first-order chi connectivity index (χ1) is 13.6. The molecule has 0 radical (unpaired) electrons. The summed E-state index contributed by atoms with van der Waals surface area (Å²) in [7, 11) is 1.58. The highest BCUT2D eigenvalue weighted by Gasteiger charge is 2.18. The van der Waals surface area contributed by atoms with Gasteiger partial charge in [-0.3, -0.25) is 4.79 Å². The number of rotatable bonds is 5. The lowest BCUT2D eigenvalue weighted by Gasteiger charge is -2.06. The fourth-order valence-electron chi connectivity index (χ4n) is 2.99. The number of fused-ring (bicyclic) bond motifs is 2. The van der Waals surface area contributed by atoms with Crippen molar-refractivity contribution in [1.82, 2.24) is 4.98 Å². The van der Waals surface area contributed by atoms with Crippen LogP contribution in [0.3, 0.4) is 0 Å². The SMILES string of the molecule is CCOc1ccc2cc3c(N)c(C(=O)Nc4cccc(OC)c4)sc3nc2c1. The maximum Gasteiger partial charge on any atom is 0.267 e. The molecule has 2 aromatic heterocycles. The molecule has 3 N–H and O–H groups in total. The molecule has 2 heterocycles. The Labute approximate surface area is 165 Å². The van der Waals surface area contributed by atoms with Crippen LogP contribution in [0.2, 0.25) is 0 Å². The topological polar surface area (TPSA) is 86.5 Å². The molecule has 0 aliphatic rings. The number of thiophene rings is 1. The molecule has 0 aliphatic heterocycles. The second-order valence-electron chi connectivity index (χ2n) is 6.16. The number of carbonyl (C=O) groups is 1. The molecule has 0 fully saturated rings. The first-order valence-electron chi connectivity index (χ1n) is 8.80. The fourth-order valence-corrected chi connectivity index (χ4v) is 3.97. The van der Waals surface area contributed by atoms with Gasteiger partial charge in [0, 0.05) is 28.6 Å². The van der Waals surface area contributed by atoms with Crippen LogP contribution >= 0.6 is 11.3 Å². The summed E-state index contributed by atoms with van der Waals surface area (Å²) < 4.78 is 10.7. The molecular formula is C21H19N3O3S. The van der Waals surface area contributed by atoms with Crippen LogP contribution in [0.15, 0.2) is 48.5 Å². The number of aromatic nitrogens is 1. The van der Waals surface area contributed by atoms with Crippen LogP contribution in [0.5, 0.6) is 11.5 Å². The fraction of sp³-hybridized carbons (Fsp3) is 0.143. The molecule has 142 valence electrons. The van der Waals surface area contributed by atoms with E-state index in [0.29, 0.717) is 28.6 Å². The Bertz CT molecular complexity index is 1190. The zero-order valence-corrected chi connectivity index (χ0v) is 16.3. The monoisotopic (exact) mass is 393 g/mol. The number of hydrogen-bond acceptors (Lipinski definition) is 6. The van der Waals surface area contributed by atoms with Crippen molar-refractivity contribution in [2.24, 2.45) is 0 Å². The quantitative estimate of drug-likeness (QED) is 0.514. The van der Waals surface area contributed by atoms with Crippen molar-refractivity contribution >= 4 is 49.7 Å². The zero-order valence-electron chi connectivity index (χ0n) is 15.5. The van der Waals surface area contributed by atoms with E-state index in [9.17, 15) is 4.79 Å². The normalized spacial score (nSPS) is 10.9. The van der Waals surface area contributed by atoms with Gasteiger partial charge in [0.2, 0.25) is 0 Å². The number of carbonyl (C=O) groups excluding carboxylic acids is 1. The average molecular weight is 393 g/mol. The average Bonchev–Trinajstić information content (AvgIpc) is 3.02. The minimum absolute atomic E-state index is 0.271. The summed E-state index contributed by atoms with van der Waals surface area (Å²) in [6.07, 6.45) is 0. The molecular weight excluding hydrogens is 374 g/mol. The number of hydrogen-bond donors (Lipinski definition) is 2. The highest BCUT2D eigenvalue weighted by Crippen LogP contribution is 2.35. The van der Waals surface area contributed by atoms with Crippen molar-refractivity contribution < 1.29 is 14.3 Å². The molecule has 0 unspecified atom stereocenters. The first-order valence-corrected chi connectivity index (χ1v) is 9.61. The van der Waals surface area contributed by atoms with Gasteiger partial charge in [-0.25, -0.2) is 4.98 Å². The summed E-state index contributed by atoms with van der Waals surface area (Å²) >= 11 is 1.28. The van der Waals surface area contributed by atoms with Crippen LogP contribution < -0.4 is 20.5 Å². The molecule has 28 heavy (non-hydrogen) atoms. The van der Waals surface area contributed by atoms with Crippen LogP contribution in [0.1, 0.15) is 16.6 Å². The van der Waals surface area contributed by atoms with E-state index < -0.39 is 0 Å². The minimum atomic E-state index is -0.271. The van der Waals surface area contributed by atoms with Gasteiger partial charge in [-0.15, -0.1) is 11.3 Å². The molecule has 4 rings (SSSR count). The Hall–Kier alpha value is -3.32. The molecule has 1 amide bonds. The molecule has 0 aliphatic carbocycles. The number of nitrogens with zero attached hydrogens (tertiary/aromatic N) is 1. The van der Waals surface area contributed by atoms with Crippen molar-refractivity contribution in [3.05, 3.63) is 53.4 Å². The van der Waals surface area contributed by atoms with Crippen molar-refractivity contribution in [3.8, 4) is 11.5 Å². The van der Waals surface area contributed by atoms with E-state index in [4.69, 9.17) is 15.2 Å². The summed E-state index contributed by atoms with van der Waals surface area (Å²) in [4.78, 5) is 18.6. The lowest BCUT2D eigenvalue weighted by atomic mass is 10.1. The summed E-state index contributed by atoms with van der Waals surface area (Å²) in [6, 6.07) is 14.9. The molecule has 0 saturated carbocycles. The van der Waals surface area contributed by atoms with E-state index in [1.807, 2.05) is 43.3 Å². The van der Waals surface area contributed by atoms with Gasteiger partial charge >= 0.3 is 0 Å². The number of nitrogen functional groups attached to an aromatic ring is 1. The van der Waals surface area contributed by atoms with Crippen molar-refractivity contribution in [1.29, 1.82) is 0 Å². The maximum atomic E-state index is 12.8. The third-order valence-corrected chi connectivity index (χ3v) is 5.45. The van der Waals surface area contributed by atoms with Crippen LogP contribution in [-0.4, -0.2) is 24.6 Å². The summed E-state index contributed by atoms with van der Waals surface area (Å²) in [5.74, 6) is 1.16. The van der Waals surface area contributed by atoms with Gasteiger partial charge in [0.25, 0.3) is 5.91 Å². The van der Waals surface area contributed by atoms with Crippen LogP contribution in [0.4, 0.5) is 11.4 Å². The number of amides is 1. The van der Waals surface area contributed by atoms with E-state index >= 15 is 0 Å². The number of methoxy groups -OCH3 is 1. The number of nitrogens with one attached hydrogen (secondary N) is 1. The highest BCUT2D eigenvalue weighted by atomic mass is 32.1. The second-order valence-corrected chi connectivity index (χ2v) is 7.16. The van der Waals surface area contributed by atoms with Gasteiger partial charge in [0.15, 0.2) is 0 Å². The van der Waals surface area contributed by atoms with E-state index in [0.717, 1.165) is 26.9 Å². The van der Waals surface area contributed by atoms with Crippen molar-refractivity contribution in [2.75, 3.05) is 24.8 Å². The third-order valence-electron chi connectivity index (χ3n) is 4.33. The zero-order chi connectivity index (χ0) is 19.7. The van der Waals surface area contributed by atoms with Crippen LogP contribution in [-0.2, 0) is 0 Å². The summed E-state index contributed by atoms with van der Waals surface area (Å²) in [5.41, 5.74) is 8.16. The molecule has 0 atom stereocenters. The molecule has 0 saturated heterocycles. The van der Waals surface area contributed by atoms with E-state index in [1.54, 1.807) is 19.2 Å². The molecule has 6 nitrogen and oxygen atoms in total. The third kappa shape index (κ3) is 3.32. The van der Waals surface area contributed by atoms with Gasteiger partial charge in [0.1, 0.15) is 21.2 Å². The van der Waals surface area contributed by atoms with Gasteiger partial charge in [-0.1, -0.05) is 6.07 Å². The Kier molecular flexibility index (Phi) is 4.75. The van der Waals surface area contributed by atoms with Crippen LogP contribution in [0.25, 0.3) is 21.1 Å². The lowest BCUT2D eigenvalue weighted by molar-refractivity contribution is 0.103. The number of anilines is 2. The van der Waals surface area contributed by atoms with E-state index in [2.05, 4.69) is 10.3 Å². The van der Waals surface area contributed by atoms with Crippen molar-refractivity contribution in [3.63, 3.8) is 0 Å². The minimum Gasteiger partial charge on any atom is -0.497 e. The first kappa shape index (κ1) is 18.1. The van der Waals surface area contributed by atoms with Gasteiger partial charge < -0.3 is 20.5 Å². The Morgan fingerprint density at radius 1 is 1.18 bits per heavy atom. The summed E-state index contributed by atoms with van der Waals surface area (Å²) in [6.45, 7) is 2.53. The number of pyridine rings is 1. The molecule has 4 aromatic rings. The van der Waals surface area contributed by atoms with Crippen LogP contribution in [0, 0.1) is 0 Å². The smallest absolute Gasteiger partial charge is 0.267 e. The Morgan fingerprint density at radius 3 is 2.82 bits per heavy atom. The van der Waals surface area contributed by atoms with E-state index in [-0.39, 0.29) is 5.91 Å². The molecule has 2 aromatic carbocycles. The van der Waals surface area contributed by atoms with E-state index in [1.165, 1.54) is 11.3 Å². The molecule has 0 bridgehead atoms. The number of ether oxygens (including phenoxy) is 2. The summed E-state index contributed by atoms with van der Waals surface area (Å²) in [5, 5.41) is 4.59. The predicted molar refractivity (Wildman–Crippen MR) is 114 cm³/mol. The molecule has 0 spiro atoms. The standard InChI is InChI=1S/C21H19N3O3S/c1-3-27-15-8-7-12-9-16-18(22)19(28-21(16)24-17(12)11-15)20(25)23-13-5-4-6-14(10-13)26-2/h4-11H,3,22H2,1-2H3,(H,23,25). The second kappa shape index (κ2) is 7.36. The highest BCUT2D eigenvalue weighted by molar-refractivity contribution is 7.21. The van der Waals surface area contributed by atoms with Gasteiger partial charge in [-0.2, -0.15) is 0 Å².